The van der Waals surface area contributed by atoms with Crippen molar-refractivity contribution in [2.75, 3.05) is 0 Å². The number of benzene rings is 1. The van der Waals surface area contributed by atoms with Crippen LogP contribution in [0.25, 0.3) is 0 Å². The van der Waals surface area contributed by atoms with Crippen LogP contribution in [0.15, 0.2) is 24.3 Å². The average molecular weight is 263 g/mol. The van der Waals surface area contributed by atoms with Crippen molar-refractivity contribution in [1.29, 1.82) is 0 Å². The van der Waals surface area contributed by atoms with Gasteiger partial charge in [0.15, 0.2) is 0 Å². The summed E-state index contributed by atoms with van der Waals surface area (Å²) >= 11 is 0. The van der Waals surface area contributed by atoms with E-state index in [1.54, 1.807) is 0 Å². The summed E-state index contributed by atoms with van der Waals surface area (Å²) in [7, 11) is 0. The highest BCUT2D eigenvalue weighted by Crippen LogP contribution is 2.26. The first-order valence-corrected chi connectivity index (χ1v) is 7.70. The van der Waals surface area contributed by atoms with Crippen molar-refractivity contribution in [2.45, 2.75) is 71.4 Å². The first-order valence-electron chi connectivity index (χ1n) is 7.70. The fraction of sp³-hybridized carbons (Fsp3) is 0.647. The number of nitrogens with two attached hydrogens (primary N) is 1. The fourth-order valence-corrected chi connectivity index (χ4v) is 2.25. The SMILES string of the molecule is CCCCCCC(C)Oc1ccccc1[C@H](N)CC. The molecule has 0 aliphatic rings. The third kappa shape index (κ3) is 5.65. The van der Waals surface area contributed by atoms with Gasteiger partial charge in [-0.1, -0.05) is 51.3 Å². The van der Waals surface area contributed by atoms with Gasteiger partial charge in [0.2, 0.25) is 0 Å². The molecule has 0 radical (unpaired) electrons. The van der Waals surface area contributed by atoms with Crippen LogP contribution in [-0.2, 0) is 0 Å². The summed E-state index contributed by atoms with van der Waals surface area (Å²) in [6.07, 6.45) is 7.48. The Morgan fingerprint density at radius 3 is 2.53 bits per heavy atom. The Balaban J connectivity index is 2.51. The third-order valence-corrected chi connectivity index (χ3v) is 3.55. The zero-order chi connectivity index (χ0) is 14.1. The molecule has 0 aliphatic carbocycles. The van der Waals surface area contributed by atoms with E-state index in [0.29, 0.717) is 0 Å². The zero-order valence-corrected chi connectivity index (χ0v) is 12.7. The minimum atomic E-state index is 0.0727. The molecule has 0 fully saturated rings. The van der Waals surface area contributed by atoms with Crippen LogP contribution in [0, 0.1) is 0 Å². The van der Waals surface area contributed by atoms with E-state index in [1.165, 1.54) is 25.7 Å². The van der Waals surface area contributed by atoms with Gasteiger partial charge >= 0.3 is 0 Å². The van der Waals surface area contributed by atoms with Crippen molar-refractivity contribution in [2.24, 2.45) is 5.73 Å². The number of unbranched alkanes of at least 4 members (excludes halogenated alkanes) is 3. The molecular formula is C17H29NO. The molecule has 1 rings (SSSR count). The van der Waals surface area contributed by atoms with Gasteiger partial charge in [-0.15, -0.1) is 0 Å². The molecule has 0 spiro atoms. The summed E-state index contributed by atoms with van der Waals surface area (Å²) < 4.78 is 6.07. The van der Waals surface area contributed by atoms with Gasteiger partial charge in [-0.2, -0.15) is 0 Å². The second-order valence-electron chi connectivity index (χ2n) is 5.33. The molecule has 0 aromatic heterocycles. The molecule has 0 amide bonds. The number of para-hydroxylation sites is 1. The highest BCUT2D eigenvalue weighted by atomic mass is 16.5. The van der Waals surface area contributed by atoms with Crippen molar-refractivity contribution in [1.82, 2.24) is 0 Å². The molecule has 1 unspecified atom stereocenters. The van der Waals surface area contributed by atoms with Gasteiger partial charge in [0.05, 0.1) is 6.10 Å². The zero-order valence-electron chi connectivity index (χ0n) is 12.7. The highest BCUT2D eigenvalue weighted by Gasteiger charge is 2.12. The van der Waals surface area contributed by atoms with Crippen molar-refractivity contribution < 1.29 is 4.74 Å². The molecule has 0 saturated heterocycles. The van der Waals surface area contributed by atoms with Crippen LogP contribution in [-0.4, -0.2) is 6.10 Å². The largest absolute Gasteiger partial charge is 0.490 e. The van der Waals surface area contributed by atoms with Crippen LogP contribution in [0.4, 0.5) is 0 Å². The van der Waals surface area contributed by atoms with Crippen LogP contribution < -0.4 is 10.5 Å². The lowest BCUT2D eigenvalue weighted by Crippen LogP contribution is -2.16. The van der Waals surface area contributed by atoms with Gasteiger partial charge in [0.1, 0.15) is 5.75 Å². The Labute approximate surface area is 118 Å². The molecule has 2 nitrogen and oxygen atoms in total. The van der Waals surface area contributed by atoms with Crippen LogP contribution >= 0.6 is 0 Å². The predicted octanol–water partition coefficient (Wildman–Crippen LogP) is 4.83. The maximum absolute atomic E-state index is 6.13. The van der Waals surface area contributed by atoms with E-state index in [0.717, 1.165) is 24.2 Å². The molecule has 2 heteroatoms. The minimum Gasteiger partial charge on any atom is -0.490 e. The van der Waals surface area contributed by atoms with Gasteiger partial charge in [-0.3, -0.25) is 0 Å². The van der Waals surface area contributed by atoms with Gasteiger partial charge in [0, 0.05) is 11.6 Å². The van der Waals surface area contributed by atoms with Gasteiger partial charge in [-0.05, 0) is 32.3 Å². The van der Waals surface area contributed by atoms with Gasteiger partial charge < -0.3 is 10.5 Å². The molecule has 0 bridgehead atoms. The first-order chi connectivity index (χ1) is 9.19. The van der Waals surface area contributed by atoms with E-state index in [1.807, 2.05) is 18.2 Å². The van der Waals surface area contributed by atoms with E-state index in [9.17, 15) is 0 Å². The normalized spacial score (nSPS) is 14.1. The summed E-state index contributed by atoms with van der Waals surface area (Å²) in [4.78, 5) is 0. The molecule has 0 heterocycles. The molecule has 108 valence electrons. The Kier molecular flexibility index (Phi) is 7.57. The summed E-state index contributed by atoms with van der Waals surface area (Å²) in [5, 5.41) is 0. The van der Waals surface area contributed by atoms with E-state index in [-0.39, 0.29) is 12.1 Å². The lowest BCUT2D eigenvalue weighted by Gasteiger charge is -2.20. The number of rotatable bonds is 9. The van der Waals surface area contributed by atoms with Gasteiger partial charge in [-0.25, -0.2) is 0 Å². The Hall–Kier alpha value is -1.02. The second-order valence-corrected chi connectivity index (χ2v) is 5.33. The quantitative estimate of drug-likeness (QED) is 0.647. The smallest absolute Gasteiger partial charge is 0.124 e. The molecule has 1 aromatic rings. The van der Waals surface area contributed by atoms with Crippen molar-refractivity contribution in [3.63, 3.8) is 0 Å². The third-order valence-electron chi connectivity index (χ3n) is 3.55. The standard InChI is InChI=1S/C17H29NO/c1-4-6-7-8-11-14(3)19-17-13-10-9-12-15(17)16(18)5-2/h9-10,12-14,16H,4-8,11,18H2,1-3H3/t14?,16-/m1/s1. The minimum absolute atomic E-state index is 0.0727. The summed E-state index contributed by atoms with van der Waals surface area (Å²) in [6, 6.07) is 8.23. The Morgan fingerprint density at radius 1 is 1.11 bits per heavy atom. The van der Waals surface area contributed by atoms with Crippen LogP contribution in [0.5, 0.6) is 5.75 Å². The average Bonchev–Trinajstić information content (AvgIpc) is 2.43. The molecule has 2 N–H and O–H groups in total. The topological polar surface area (TPSA) is 35.2 Å². The fourth-order valence-electron chi connectivity index (χ4n) is 2.25. The Bertz CT molecular complexity index is 351. The van der Waals surface area contributed by atoms with E-state index in [4.69, 9.17) is 10.5 Å². The monoisotopic (exact) mass is 263 g/mol. The lowest BCUT2D eigenvalue weighted by molar-refractivity contribution is 0.203. The van der Waals surface area contributed by atoms with E-state index in [2.05, 4.69) is 26.8 Å². The van der Waals surface area contributed by atoms with Crippen molar-refractivity contribution in [3.8, 4) is 5.75 Å². The van der Waals surface area contributed by atoms with Crippen LogP contribution in [0.1, 0.15) is 70.9 Å². The molecule has 0 aliphatic heterocycles. The Morgan fingerprint density at radius 2 is 1.84 bits per heavy atom. The predicted molar refractivity (Wildman–Crippen MR) is 82.5 cm³/mol. The van der Waals surface area contributed by atoms with E-state index >= 15 is 0 Å². The molecule has 0 saturated carbocycles. The van der Waals surface area contributed by atoms with Crippen LogP contribution in [0.2, 0.25) is 0 Å². The van der Waals surface area contributed by atoms with Crippen LogP contribution in [0.3, 0.4) is 0 Å². The maximum atomic E-state index is 6.13. The lowest BCUT2D eigenvalue weighted by atomic mass is 10.0. The highest BCUT2D eigenvalue weighted by molar-refractivity contribution is 5.35. The maximum Gasteiger partial charge on any atom is 0.124 e. The summed E-state index contributed by atoms with van der Waals surface area (Å²) in [5.41, 5.74) is 7.26. The molecule has 1 aromatic carbocycles. The summed E-state index contributed by atoms with van der Waals surface area (Å²) in [5.74, 6) is 0.958. The first kappa shape index (κ1) is 16.0. The molecular weight excluding hydrogens is 234 g/mol. The van der Waals surface area contributed by atoms with Crippen molar-refractivity contribution >= 4 is 0 Å². The number of hydrogen-bond acceptors (Lipinski definition) is 2. The molecule has 2 atom stereocenters. The van der Waals surface area contributed by atoms with E-state index < -0.39 is 0 Å². The molecule has 19 heavy (non-hydrogen) atoms. The second kappa shape index (κ2) is 8.98. The van der Waals surface area contributed by atoms with Gasteiger partial charge in [0.25, 0.3) is 0 Å². The number of hydrogen-bond donors (Lipinski definition) is 1. The number of ether oxygens (including phenoxy) is 1. The summed E-state index contributed by atoms with van der Waals surface area (Å²) in [6.45, 7) is 6.50. The van der Waals surface area contributed by atoms with Crippen molar-refractivity contribution in [3.05, 3.63) is 29.8 Å².